The lowest BCUT2D eigenvalue weighted by atomic mass is 9.55. The Hall–Kier alpha value is -4.00. The van der Waals surface area contributed by atoms with Crippen LogP contribution in [0.2, 0.25) is 0 Å². The van der Waals surface area contributed by atoms with Gasteiger partial charge < -0.3 is 9.84 Å². The molecule has 3 heterocycles. The Morgan fingerprint density at radius 1 is 0.672 bits per heavy atom. The van der Waals surface area contributed by atoms with Crippen molar-refractivity contribution in [2.24, 2.45) is 23.7 Å². The summed E-state index contributed by atoms with van der Waals surface area (Å²) in [4.78, 5) is 35.0. The second-order valence-corrected chi connectivity index (χ2v) is 22.1. The molecule has 11 rings (SSSR count). The summed E-state index contributed by atoms with van der Waals surface area (Å²) >= 11 is 0. The van der Waals surface area contributed by atoms with Crippen LogP contribution >= 0.6 is 0 Å². The highest BCUT2D eigenvalue weighted by molar-refractivity contribution is 5.98. The van der Waals surface area contributed by atoms with Crippen molar-refractivity contribution < 1.29 is 19.4 Å². The second-order valence-electron chi connectivity index (χ2n) is 22.1. The lowest BCUT2D eigenvalue weighted by molar-refractivity contribution is -0.0562. The number of aryl methyl sites for hydroxylation is 4. The van der Waals surface area contributed by atoms with Gasteiger partial charge in [-0.25, -0.2) is 0 Å². The maximum absolute atomic E-state index is 13.2. The average molecular weight is 861 g/mol. The molecule has 6 atom stereocenters. The normalized spacial score (nSPS) is 30.3. The van der Waals surface area contributed by atoms with Crippen LogP contribution in [0.5, 0.6) is 0 Å². The molecular formula is C58H72N2O4. The number of carbonyl (C=O) groups excluding carboxylic acids is 2. The topological polar surface area (TPSA) is 92.7 Å². The number of aliphatic hydroxyl groups is 1. The van der Waals surface area contributed by atoms with Crippen LogP contribution < -0.4 is 0 Å². The molecule has 1 spiro atoms. The predicted octanol–water partition coefficient (Wildman–Crippen LogP) is 12.3. The van der Waals surface area contributed by atoms with Crippen molar-refractivity contribution in [3.05, 3.63) is 129 Å². The van der Waals surface area contributed by atoms with E-state index in [4.69, 9.17) is 4.74 Å². The van der Waals surface area contributed by atoms with Crippen molar-refractivity contribution in [1.29, 1.82) is 0 Å². The van der Waals surface area contributed by atoms with Crippen LogP contribution in [0.15, 0.2) is 73.1 Å². The van der Waals surface area contributed by atoms with Gasteiger partial charge >= 0.3 is 0 Å². The zero-order valence-electron chi connectivity index (χ0n) is 39.1. The molecule has 6 aliphatic carbocycles. The summed E-state index contributed by atoms with van der Waals surface area (Å²) in [6.07, 6.45) is 28.4. The van der Waals surface area contributed by atoms with Crippen LogP contribution in [0.25, 0.3) is 0 Å². The van der Waals surface area contributed by atoms with Gasteiger partial charge in [-0.15, -0.1) is 0 Å². The van der Waals surface area contributed by atoms with E-state index in [0.29, 0.717) is 24.2 Å². The molecule has 5 fully saturated rings. The SMILES string of the molecule is CCC[C@@]1(O)CC[C@@]2(CC3CC3)c3ccc(C(=O)Cc4cccnc4C)cc3CCC[C@H]2C1.Cc1ncccc1CC(=O)c1ccc2c(c1)CCC[C@H]1C[C@]3(CC[C@@]21CC1CC1)CO3. The third-order valence-corrected chi connectivity index (χ3v) is 17.7. The number of rotatable bonds is 12. The van der Waals surface area contributed by atoms with E-state index in [9.17, 15) is 14.7 Å². The highest BCUT2D eigenvalue weighted by Gasteiger charge is 2.58. The first-order valence-electron chi connectivity index (χ1n) is 25.5. The summed E-state index contributed by atoms with van der Waals surface area (Å²) < 4.78 is 5.95. The van der Waals surface area contributed by atoms with E-state index in [1.165, 1.54) is 93.7 Å². The number of aromatic nitrogens is 2. The number of hydrogen-bond donors (Lipinski definition) is 1. The maximum atomic E-state index is 13.2. The van der Waals surface area contributed by atoms with Gasteiger partial charge in [0, 0.05) is 47.8 Å². The number of ketones is 2. The van der Waals surface area contributed by atoms with Crippen molar-refractivity contribution in [3.63, 3.8) is 0 Å². The molecule has 4 saturated carbocycles. The maximum Gasteiger partial charge on any atom is 0.167 e. The molecule has 2 aromatic heterocycles. The van der Waals surface area contributed by atoms with E-state index < -0.39 is 5.60 Å². The van der Waals surface area contributed by atoms with Gasteiger partial charge in [0.15, 0.2) is 11.6 Å². The minimum atomic E-state index is -0.478. The molecule has 6 heteroatoms. The molecule has 0 radical (unpaired) electrons. The molecule has 2 aromatic carbocycles. The van der Waals surface area contributed by atoms with Gasteiger partial charge in [-0.2, -0.15) is 0 Å². The number of fused-ring (bicyclic) bond motifs is 6. The van der Waals surface area contributed by atoms with Gasteiger partial charge in [-0.3, -0.25) is 19.6 Å². The summed E-state index contributed by atoms with van der Waals surface area (Å²) in [6.45, 7) is 7.14. The van der Waals surface area contributed by atoms with Crippen LogP contribution in [0, 0.1) is 37.5 Å². The van der Waals surface area contributed by atoms with Gasteiger partial charge in [-0.05, 0) is 202 Å². The highest BCUT2D eigenvalue weighted by atomic mass is 16.6. The van der Waals surface area contributed by atoms with E-state index in [1.54, 1.807) is 18.0 Å². The van der Waals surface area contributed by atoms with Crippen molar-refractivity contribution in [2.45, 2.75) is 184 Å². The fourth-order valence-electron chi connectivity index (χ4n) is 13.7. The molecule has 0 unspecified atom stereocenters. The number of carbonyl (C=O) groups is 2. The molecule has 6 nitrogen and oxygen atoms in total. The molecule has 64 heavy (non-hydrogen) atoms. The van der Waals surface area contributed by atoms with E-state index in [0.717, 1.165) is 109 Å². The summed E-state index contributed by atoms with van der Waals surface area (Å²) in [7, 11) is 0. The molecule has 1 saturated heterocycles. The molecule has 1 N–H and O–H groups in total. The van der Waals surface area contributed by atoms with E-state index in [2.05, 4.69) is 53.3 Å². The Morgan fingerprint density at radius 2 is 1.17 bits per heavy atom. The van der Waals surface area contributed by atoms with Gasteiger partial charge in [-0.1, -0.05) is 75.4 Å². The smallest absolute Gasteiger partial charge is 0.167 e. The zero-order chi connectivity index (χ0) is 44.1. The zero-order valence-corrected chi connectivity index (χ0v) is 39.1. The van der Waals surface area contributed by atoms with E-state index in [-0.39, 0.29) is 22.6 Å². The lowest BCUT2D eigenvalue weighted by Crippen LogP contribution is -2.48. The summed E-state index contributed by atoms with van der Waals surface area (Å²) in [5.74, 6) is 3.47. The number of pyridine rings is 2. The minimum absolute atomic E-state index is 0.187. The molecule has 1 aliphatic heterocycles. The quantitative estimate of drug-likeness (QED) is 0.113. The Labute approximate surface area is 382 Å². The molecule has 0 amide bonds. The molecular weight excluding hydrogens is 789 g/mol. The standard InChI is InChI=1S/C30H39NO2.C28H33NO2/c1-3-13-29(33)14-15-30(19-22-9-10-22)26(20-29)8-4-6-24-17-25(11-12-27(24)30)28(32)18-23-7-5-16-31-21(23)2;1-19-21(5-3-13-29-19)15-26(30)23-9-10-25-22(14-23)4-2-6-24-17-27(18-31-27)11-12-28(24,25)16-20-7-8-20/h5,7,11-12,16-17,22,26,33H,3-4,6,8-10,13-15,18-20H2,1-2H3;3,5,9-10,13-14,20,24H,2,4,6-8,11-12,15-18H2,1H3/t26-,29+,30-;24-,27+,28-/m00/s1. The fraction of sp³-hybridized carbons (Fsp3) is 0.586. The number of epoxide rings is 1. The monoisotopic (exact) mass is 861 g/mol. The molecule has 0 bridgehead atoms. The first-order valence-corrected chi connectivity index (χ1v) is 25.5. The van der Waals surface area contributed by atoms with Crippen LogP contribution in [0.3, 0.4) is 0 Å². The van der Waals surface area contributed by atoms with Crippen LogP contribution in [-0.4, -0.2) is 44.4 Å². The van der Waals surface area contributed by atoms with E-state index >= 15 is 0 Å². The van der Waals surface area contributed by atoms with Crippen molar-refractivity contribution in [3.8, 4) is 0 Å². The van der Waals surface area contributed by atoms with Gasteiger partial charge in [0.05, 0.1) is 17.8 Å². The summed E-state index contributed by atoms with van der Waals surface area (Å²) in [6, 6.07) is 21.2. The van der Waals surface area contributed by atoms with Crippen molar-refractivity contribution in [1.82, 2.24) is 9.97 Å². The van der Waals surface area contributed by atoms with Crippen LogP contribution in [-0.2, 0) is 41.3 Å². The molecule has 7 aliphatic rings. The summed E-state index contributed by atoms with van der Waals surface area (Å²) in [5, 5.41) is 11.3. The predicted molar refractivity (Wildman–Crippen MR) is 254 cm³/mol. The number of nitrogens with zero attached hydrogens (tertiary/aromatic N) is 2. The molecule has 4 aromatic rings. The Morgan fingerprint density at radius 3 is 1.64 bits per heavy atom. The average Bonchev–Trinajstić information content (AvgIpc) is 4.15. The van der Waals surface area contributed by atoms with Crippen LogP contribution in [0.4, 0.5) is 0 Å². The highest BCUT2D eigenvalue weighted by Crippen LogP contribution is 2.61. The summed E-state index contributed by atoms with van der Waals surface area (Å²) in [5.41, 5.74) is 11.8. The third kappa shape index (κ3) is 8.96. The third-order valence-electron chi connectivity index (χ3n) is 17.7. The van der Waals surface area contributed by atoms with Crippen LogP contribution in [0.1, 0.15) is 188 Å². The van der Waals surface area contributed by atoms with Crippen molar-refractivity contribution >= 4 is 11.6 Å². The van der Waals surface area contributed by atoms with Gasteiger partial charge in [0.2, 0.25) is 0 Å². The first-order chi connectivity index (χ1) is 31.0. The van der Waals surface area contributed by atoms with Gasteiger partial charge in [0.25, 0.3) is 0 Å². The Bertz CT molecular complexity index is 2380. The number of ether oxygens (including phenoxy) is 1. The second kappa shape index (κ2) is 17.7. The number of hydrogen-bond acceptors (Lipinski definition) is 6. The molecule has 338 valence electrons. The fourth-order valence-corrected chi connectivity index (χ4v) is 13.7. The largest absolute Gasteiger partial charge is 0.390 e. The van der Waals surface area contributed by atoms with Crippen molar-refractivity contribution in [2.75, 3.05) is 6.61 Å². The Kier molecular flexibility index (Phi) is 12.1. The van der Waals surface area contributed by atoms with Gasteiger partial charge in [0.1, 0.15) is 0 Å². The lowest BCUT2D eigenvalue weighted by Gasteiger charge is -2.51. The number of benzene rings is 2. The first kappa shape index (κ1) is 43.9. The Balaban J connectivity index is 0.000000152. The van der Waals surface area contributed by atoms with E-state index in [1.807, 2.05) is 38.1 Å². The number of Topliss-reactive ketones (excluding diaryl/α,β-unsaturated/α-hetero) is 2. The minimum Gasteiger partial charge on any atom is -0.390 e.